The largest absolute Gasteiger partial charge is 0.504 e. The number of phenolic OH excluding ortho intramolecular Hbond substituents is 1. The maximum absolute atomic E-state index is 13.8. The summed E-state index contributed by atoms with van der Waals surface area (Å²) in [5.41, 5.74) is 0.899. The van der Waals surface area contributed by atoms with Crippen LogP contribution in [0, 0.1) is 9.39 Å². The quantitative estimate of drug-likeness (QED) is 0.475. The first-order valence-electron chi connectivity index (χ1n) is 8.04. The molecule has 0 unspecified atom stereocenters. The first kappa shape index (κ1) is 19.7. The van der Waals surface area contributed by atoms with Crippen LogP contribution in [-0.2, 0) is 11.3 Å². The first-order chi connectivity index (χ1) is 12.9. The zero-order chi connectivity index (χ0) is 19.6. The molecule has 1 N–H and O–H groups in total. The summed E-state index contributed by atoms with van der Waals surface area (Å²) in [6.07, 6.45) is 1.57. The number of thioether (sulfide) groups is 1. The van der Waals surface area contributed by atoms with Gasteiger partial charge in [0.25, 0.3) is 11.1 Å². The zero-order valence-corrected chi connectivity index (χ0v) is 17.2. The Labute approximate surface area is 173 Å². The van der Waals surface area contributed by atoms with Gasteiger partial charge in [0, 0.05) is 5.56 Å². The van der Waals surface area contributed by atoms with Crippen LogP contribution in [0.1, 0.15) is 18.1 Å². The topological polar surface area (TPSA) is 66.8 Å². The number of amides is 2. The number of hydrogen-bond acceptors (Lipinski definition) is 5. The maximum atomic E-state index is 13.8. The van der Waals surface area contributed by atoms with Gasteiger partial charge in [-0.05, 0) is 71.1 Å². The predicted octanol–water partition coefficient (Wildman–Crippen LogP) is 4.77. The van der Waals surface area contributed by atoms with Gasteiger partial charge in [0.2, 0.25) is 0 Å². The standard InChI is InChI=1S/C19H15FINO4S/c1-2-26-15-8-11(7-14(21)17(15)23)9-16-18(24)22(19(25)27-16)10-12-5-3-4-6-13(12)20/h3-9,23H,2,10H2,1H3. The molecule has 2 amide bonds. The van der Waals surface area contributed by atoms with Crippen molar-refractivity contribution >= 4 is 51.6 Å². The van der Waals surface area contributed by atoms with Crippen LogP contribution in [0.15, 0.2) is 41.3 Å². The van der Waals surface area contributed by atoms with E-state index in [2.05, 4.69) is 0 Å². The molecule has 1 fully saturated rings. The molecule has 0 spiro atoms. The number of benzene rings is 2. The van der Waals surface area contributed by atoms with E-state index in [0.29, 0.717) is 21.5 Å². The number of rotatable bonds is 5. The van der Waals surface area contributed by atoms with Gasteiger partial charge in [0.1, 0.15) is 5.82 Å². The third-order valence-corrected chi connectivity index (χ3v) is 5.54. The summed E-state index contributed by atoms with van der Waals surface area (Å²) in [5.74, 6) is -0.604. The van der Waals surface area contributed by atoms with Crippen LogP contribution in [-0.4, -0.2) is 27.8 Å². The van der Waals surface area contributed by atoms with Gasteiger partial charge in [0.15, 0.2) is 11.5 Å². The highest BCUT2D eigenvalue weighted by Crippen LogP contribution is 2.37. The summed E-state index contributed by atoms with van der Waals surface area (Å²) < 4.78 is 19.8. The van der Waals surface area contributed by atoms with Crippen LogP contribution in [0.2, 0.25) is 0 Å². The zero-order valence-electron chi connectivity index (χ0n) is 14.2. The molecule has 2 aromatic rings. The molecule has 1 saturated heterocycles. The lowest BCUT2D eigenvalue weighted by Crippen LogP contribution is -2.27. The van der Waals surface area contributed by atoms with Crippen molar-refractivity contribution in [3.63, 3.8) is 0 Å². The highest BCUT2D eigenvalue weighted by atomic mass is 127. The van der Waals surface area contributed by atoms with Gasteiger partial charge in [-0.2, -0.15) is 0 Å². The minimum absolute atomic E-state index is 0.0299. The first-order valence-corrected chi connectivity index (χ1v) is 9.94. The van der Waals surface area contributed by atoms with Crippen LogP contribution in [0.4, 0.5) is 9.18 Å². The van der Waals surface area contributed by atoms with Crippen LogP contribution in [0.25, 0.3) is 6.08 Å². The van der Waals surface area contributed by atoms with Crippen molar-refractivity contribution in [1.29, 1.82) is 0 Å². The van der Waals surface area contributed by atoms with E-state index in [1.165, 1.54) is 6.07 Å². The van der Waals surface area contributed by atoms with Gasteiger partial charge in [-0.25, -0.2) is 4.39 Å². The van der Waals surface area contributed by atoms with E-state index in [0.717, 1.165) is 16.7 Å². The molecule has 3 rings (SSSR count). The molecule has 0 aromatic heterocycles. The number of imide groups is 1. The number of carbonyl (C=O) groups excluding carboxylic acids is 2. The SMILES string of the molecule is CCOc1cc(C=C2SC(=O)N(Cc3ccccc3F)C2=O)cc(I)c1O. The number of ether oxygens (including phenoxy) is 1. The van der Waals surface area contributed by atoms with Crippen molar-refractivity contribution in [1.82, 2.24) is 4.90 Å². The van der Waals surface area contributed by atoms with Crippen LogP contribution >= 0.6 is 34.4 Å². The lowest BCUT2D eigenvalue weighted by Gasteiger charge is -2.13. The Morgan fingerprint density at radius 1 is 1.30 bits per heavy atom. The fourth-order valence-corrected chi connectivity index (χ4v) is 3.99. The highest BCUT2D eigenvalue weighted by molar-refractivity contribution is 14.1. The van der Waals surface area contributed by atoms with Gasteiger partial charge in [-0.15, -0.1) is 0 Å². The van der Waals surface area contributed by atoms with Crippen molar-refractivity contribution < 1.29 is 23.8 Å². The van der Waals surface area contributed by atoms with Crippen LogP contribution in [0.3, 0.4) is 0 Å². The highest BCUT2D eigenvalue weighted by Gasteiger charge is 2.35. The number of hydrogen-bond donors (Lipinski definition) is 1. The third kappa shape index (κ3) is 4.27. The monoisotopic (exact) mass is 499 g/mol. The van der Waals surface area contributed by atoms with Crippen molar-refractivity contribution in [2.45, 2.75) is 13.5 Å². The Morgan fingerprint density at radius 3 is 2.74 bits per heavy atom. The molecule has 1 aliphatic rings. The van der Waals surface area contributed by atoms with E-state index in [1.807, 2.05) is 22.6 Å². The van der Waals surface area contributed by atoms with E-state index in [1.54, 1.807) is 43.3 Å². The smallest absolute Gasteiger partial charge is 0.293 e. The van der Waals surface area contributed by atoms with E-state index in [9.17, 15) is 19.1 Å². The van der Waals surface area contributed by atoms with Gasteiger partial charge < -0.3 is 9.84 Å². The fourth-order valence-electron chi connectivity index (χ4n) is 2.53. The molecule has 0 radical (unpaired) electrons. The van der Waals surface area contributed by atoms with Crippen LogP contribution in [0.5, 0.6) is 11.5 Å². The molecular weight excluding hydrogens is 484 g/mol. The van der Waals surface area contributed by atoms with Crippen molar-refractivity contribution in [2.24, 2.45) is 0 Å². The normalized spacial score (nSPS) is 15.7. The molecule has 1 aliphatic heterocycles. The average molecular weight is 499 g/mol. The lowest BCUT2D eigenvalue weighted by molar-refractivity contribution is -0.123. The maximum Gasteiger partial charge on any atom is 0.293 e. The second kappa shape index (κ2) is 8.30. The Kier molecular flexibility index (Phi) is 6.05. The molecule has 0 aliphatic carbocycles. The average Bonchev–Trinajstić information content (AvgIpc) is 2.88. The van der Waals surface area contributed by atoms with Gasteiger partial charge in [0.05, 0.1) is 21.6 Å². The minimum atomic E-state index is -0.478. The Morgan fingerprint density at radius 2 is 2.04 bits per heavy atom. The molecule has 27 heavy (non-hydrogen) atoms. The third-order valence-electron chi connectivity index (χ3n) is 3.81. The molecule has 5 nitrogen and oxygen atoms in total. The number of aromatic hydroxyl groups is 1. The minimum Gasteiger partial charge on any atom is -0.504 e. The van der Waals surface area contributed by atoms with E-state index < -0.39 is 17.0 Å². The second-order valence-electron chi connectivity index (χ2n) is 5.64. The van der Waals surface area contributed by atoms with Crippen molar-refractivity contribution in [3.05, 3.63) is 61.8 Å². The summed E-state index contributed by atoms with van der Waals surface area (Å²) in [6.45, 7) is 2.06. The van der Waals surface area contributed by atoms with Gasteiger partial charge in [-0.1, -0.05) is 18.2 Å². The van der Waals surface area contributed by atoms with Crippen molar-refractivity contribution in [2.75, 3.05) is 6.61 Å². The Bertz CT molecular complexity index is 947. The number of carbonyl (C=O) groups is 2. The molecule has 1 heterocycles. The molecule has 2 aromatic carbocycles. The molecule has 8 heteroatoms. The number of phenols is 1. The lowest BCUT2D eigenvalue weighted by atomic mass is 10.1. The molecular formula is C19H15FINO4S. The Balaban J connectivity index is 1.87. The molecule has 0 atom stereocenters. The summed E-state index contributed by atoms with van der Waals surface area (Å²) in [7, 11) is 0. The van der Waals surface area contributed by atoms with Gasteiger partial charge in [-0.3, -0.25) is 14.5 Å². The van der Waals surface area contributed by atoms with Gasteiger partial charge >= 0.3 is 0 Å². The molecule has 0 saturated carbocycles. The van der Waals surface area contributed by atoms with Crippen molar-refractivity contribution in [3.8, 4) is 11.5 Å². The van der Waals surface area contributed by atoms with E-state index >= 15 is 0 Å². The summed E-state index contributed by atoms with van der Waals surface area (Å²) in [6, 6.07) is 9.32. The number of nitrogens with zero attached hydrogens (tertiary/aromatic N) is 1. The molecule has 140 valence electrons. The van der Waals surface area contributed by atoms with E-state index in [4.69, 9.17) is 4.74 Å². The number of halogens is 2. The fraction of sp³-hybridized carbons (Fsp3) is 0.158. The summed E-state index contributed by atoms with van der Waals surface area (Å²) >= 11 is 2.77. The summed E-state index contributed by atoms with van der Waals surface area (Å²) in [4.78, 5) is 26.1. The second-order valence-corrected chi connectivity index (χ2v) is 7.80. The predicted molar refractivity (Wildman–Crippen MR) is 110 cm³/mol. The summed E-state index contributed by atoms with van der Waals surface area (Å²) in [5, 5.41) is 9.57. The van der Waals surface area contributed by atoms with E-state index in [-0.39, 0.29) is 22.8 Å². The van der Waals surface area contributed by atoms with Crippen LogP contribution < -0.4 is 4.74 Å². The Hall–Kier alpha value is -2.07. The molecule has 0 bridgehead atoms.